The number of halogens is 1. The van der Waals surface area contributed by atoms with Gasteiger partial charge in [-0.25, -0.2) is 4.98 Å². The van der Waals surface area contributed by atoms with Gasteiger partial charge >= 0.3 is 5.97 Å². The molecular weight excluding hydrogens is 242 g/mol. The average molecular weight is 254 g/mol. The summed E-state index contributed by atoms with van der Waals surface area (Å²) < 4.78 is 1.78. The highest BCUT2D eigenvalue weighted by atomic mass is 35.5. The van der Waals surface area contributed by atoms with Crippen LogP contribution in [0.25, 0.3) is 5.65 Å². The van der Waals surface area contributed by atoms with Gasteiger partial charge in [0.2, 0.25) is 0 Å². The number of rotatable bonds is 3. The summed E-state index contributed by atoms with van der Waals surface area (Å²) in [4.78, 5) is 15.1. The van der Waals surface area contributed by atoms with Gasteiger partial charge in [0.1, 0.15) is 11.7 Å². The molecular formula is C11H12ClN3O2. The smallest absolute Gasteiger partial charge is 0.320 e. The monoisotopic (exact) mass is 253 g/mol. The summed E-state index contributed by atoms with van der Waals surface area (Å²) >= 11 is 5.90. The maximum atomic E-state index is 10.8. The van der Waals surface area contributed by atoms with Gasteiger partial charge in [-0.3, -0.25) is 4.79 Å². The normalized spacial score (nSPS) is 12.9. The Hall–Kier alpha value is -1.59. The molecule has 0 bridgehead atoms. The van der Waals surface area contributed by atoms with Crippen molar-refractivity contribution in [3.8, 4) is 0 Å². The first kappa shape index (κ1) is 11.9. The topological polar surface area (TPSA) is 80.6 Å². The zero-order chi connectivity index (χ0) is 12.6. The second-order valence-corrected chi connectivity index (χ2v) is 4.30. The first-order valence-electron chi connectivity index (χ1n) is 5.10. The van der Waals surface area contributed by atoms with E-state index < -0.39 is 12.0 Å². The molecule has 3 N–H and O–H groups in total. The van der Waals surface area contributed by atoms with Crippen molar-refractivity contribution in [2.24, 2.45) is 5.73 Å². The molecule has 0 saturated heterocycles. The van der Waals surface area contributed by atoms with E-state index in [-0.39, 0.29) is 6.42 Å². The van der Waals surface area contributed by atoms with E-state index in [1.54, 1.807) is 22.7 Å². The summed E-state index contributed by atoms with van der Waals surface area (Å²) in [6, 6.07) is 2.59. The van der Waals surface area contributed by atoms with Gasteiger partial charge in [0, 0.05) is 18.3 Å². The van der Waals surface area contributed by atoms with Gasteiger partial charge in [-0.15, -0.1) is 0 Å². The van der Waals surface area contributed by atoms with Gasteiger partial charge in [0.05, 0.1) is 10.7 Å². The molecule has 2 heterocycles. The van der Waals surface area contributed by atoms with Gasteiger partial charge in [-0.05, 0) is 19.1 Å². The third-order valence-corrected chi connectivity index (χ3v) is 2.84. The Bertz CT molecular complexity index is 579. The van der Waals surface area contributed by atoms with Crippen LogP contribution in [0.2, 0.25) is 5.02 Å². The maximum absolute atomic E-state index is 10.8. The van der Waals surface area contributed by atoms with Crippen molar-refractivity contribution < 1.29 is 9.90 Å². The van der Waals surface area contributed by atoms with Crippen LogP contribution >= 0.6 is 11.6 Å². The molecule has 0 spiro atoms. The van der Waals surface area contributed by atoms with E-state index >= 15 is 0 Å². The lowest BCUT2D eigenvalue weighted by molar-refractivity contribution is -0.138. The Morgan fingerprint density at radius 1 is 1.65 bits per heavy atom. The van der Waals surface area contributed by atoms with Crippen LogP contribution in [0.15, 0.2) is 18.3 Å². The Kier molecular flexibility index (Phi) is 3.04. The lowest BCUT2D eigenvalue weighted by Gasteiger charge is -2.07. The summed E-state index contributed by atoms with van der Waals surface area (Å²) in [6.07, 6.45) is 1.93. The van der Waals surface area contributed by atoms with Crippen molar-refractivity contribution in [3.63, 3.8) is 0 Å². The highest BCUT2D eigenvalue weighted by Gasteiger charge is 2.17. The Labute approximate surface area is 103 Å². The number of carboxylic acid groups (broad SMARTS) is 1. The van der Waals surface area contributed by atoms with Crippen molar-refractivity contribution in [1.82, 2.24) is 9.38 Å². The number of hydrogen-bond donors (Lipinski definition) is 2. The standard InChI is InChI=1S/C11H12ClN3O2/c1-6-9(4-8(13)11(16)17)15-5-7(12)2-3-10(15)14-6/h2-3,5,8H,4,13H2,1H3,(H,16,17). The molecule has 2 aromatic heterocycles. The van der Waals surface area contributed by atoms with Crippen molar-refractivity contribution in [3.05, 3.63) is 34.7 Å². The van der Waals surface area contributed by atoms with Crippen LogP contribution in [0.3, 0.4) is 0 Å². The highest BCUT2D eigenvalue weighted by Crippen LogP contribution is 2.17. The van der Waals surface area contributed by atoms with E-state index in [0.717, 1.165) is 17.0 Å². The van der Waals surface area contributed by atoms with Crippen molar-refractivity contribution >= 4 is 23.2 Å². The zero-order valence-corrected chi connectivity index (χ0v) is 9.98. The molecule has 0 fully saturated rings. The fourth-order valence-corrected chi connectivity index (χ4v) is 1.89. The molecule has 0 aliphatic heterocycles. The average Bonchev–Trinajstić information content (AvgIpc) is 2.55. The minimum Gasteiger partial charge on any atom is -0.480 e. The SMILES string of the molecule is Cc1nc2ccc(Cl)cn2c1CC(N)C(=O)O. The molecule has 2 aromatic rings. The van der Waals surface area contributed by atoms with E-state index in [1.165, 1.54) is 0 Å². The Morgan fingerprint density at radius 3 is 3.00 bits per heavy atom. The number of aliphatic carboxylic acids is 1. The van der Waals surface area contributed by atoms with Gasteiger partial charge < -0.3 is 15.2 Å². The third-order valence-electron chi connectivity index (χ3n) is 2.61. The summed E-state index contributed by atoms with van der Waals surface area (Å²) in [7, 11) is 0. The second-order valence-electron chi connectivity index (χ2n) is 3.87. The lowest BCUT2D eigenvalue weighted by atomic mass is 10.1. The number of nitrogens with zero attached hydrogens (tertiary/aromatic N) is 2. The van der Waals surface area contributed by atoms with E-state index in [0.29, 0.717) is 5.02 Å². The van der Waals surface area contributed by atoms with E-state index in [4.69, 9.17) is 22.4 Å². The lowest BCUT2D eigenvalue weighted by Crippen LogP contribution is -2.32. The second kappa shape index (κ2) is 4.35. The molecule has 0 radical (unpaired) electrons. The van der Waals surface area contributed by atoms with Crippen LogP contribution in [-0.4, -0.2) is 26.5 Å². The van der Waals surface area contributed by atoms with Crippen LogP contribution in [0.4, 0.5) is 0 Å². The number of carbonyl (C=O) groups is 1. The summed E-state index contributed by atoms with van der Waals surface area (Å²) in [5.41, 5.74) is 7.81. The molecule has 6 heteroatoms. The number of hydrogen-bond acceptors (Lipinski definition) is 3. The minimum absolute atomic E-state index is 0.225. The summed E-state index contributed by atoms with van der Waals surface area (Å²) in [6.45, 7) is 1.82. The van der Waals surface area contributed by atoms with Crippen molar-refractivity contribution in [1.29, 1.82) is 0 Å². The molecule has 2 rings (SSSR count). The number of carboxylic acids is 1. The van der Waals surface area contributed by atoms with Crippen molar-refractivity contribution in [2.75, 3.05) is 0 Å². The number of nitrogens with two attached hydrogens (primary N) is 1. The van der Waals surface area contributed by atoms with E-state index in [1.807, 2.05) is 6.92 Å². The number of imidazole rings is 1. The molecule has 0 amide bonds. The first-order valence-corrected chi connectivity index (χ1v) is 5.48. The molecule has 0 aromatic carbocycles. The minimum atomic E-state index is -1.03. The molecule has 1 atom stereocenters. The van der Waals surface area contributed by atoms with Gasteiger partial charge in [0.25, 0.3) is 0 Å². The van der Waals surface area contributed by atoms with Gasteiger partial charge in [0.15, 0.2) is 0 Å². The van der Waals surface area contributed by atoms with Crippen LogP contribution in [-0.2, 0) is 11.2 Å². The maximum Gasteiger partial charge on any atom is 0.320 e. The fraction of sp³-hybridized carbons (Fsp3) is 0.273. The predicted molar refractivity (Wildman–Crippen MR) is 64.3 cm³/mol. The Morgan fingerprint density at radius 2 is 2.35 bits per heavy atom. The van der Waals surface area contributed by atoms with Crippen LogP contribution in [0, 0.1) is 6.92 Å². The fourth-order valence-electron chi connectivity index (χ4n) is 1.73. The van der Waals surface area contributed by atoms with E-state index in [2.05, 4.69) is 4.98 Å². The van der Waals surface area contributed by atoms with Crippen LogP contribution < -0.4 is 5.73 Å². The molecule has 17 heavy (non-hydrogen) atoms. The largest absolute Gasteiger partial charge is 0.480 e. The quantitative estimate of drug-likeness (QED) is 0.863. The first-order chi connectivity index (χ1) is 7.99. The molecule has 0 saturated carbocycles. The zero-order valence-electron chi connectivity index (χ0n) is 9.22. The molecule has 5 nitrogen and oxygen atoms in total. The number of pyridine rings is 1. The molecule has 90 valence electrons. The van der Waals surface area contributed by atoms with Gasteiger partial charge in [-0.2, -0.15) is 0 Å². The third kappa shape index (κ3) is 2.25. The summed E-state index contributed by atoms with van der Waals surface area (Å²) in [5, 5.41) is 9.39. The van der Waals surface area contributed by atoms with Gasteiger partial charge in [-0.1, -0.05) is 11.6 Å². The predicted octanol–water partition coefficient (Wildman–Crippen LogP) is 1.25. The Balaban J connectivity index is 2.48. The molecule has 1 unspecified atom stereocenters. The number of aryl methyl sites for hydroxylation is 1. The molecule has 0 aliphatic carbocycles. The number of aromatic nitrogens is 2. The van der Waals surface area contributed by atoms with Crippen LogP contribution in [0.5, 0.6) is 0 Å². The summed E-state index contributed by atoms with van der Waals surface area (Å²) in [5.74, 6) is -1.03. The van der Waals surface area contributed by atoms with Crippen molar-refractivity contribution in [2.45, 2.75) is 19.4 Å². The highest BCUT2D eigenvalue weighted by molar-refractivity contribution is 6.30. The van der Waals surface area contributed by atoms with Crippen LogP contribution in [0.1, 0.15) is 11.4 Å². The van der Waals surface area contributed by atoms with E-state index in [9.17, 15) is 4.79 Å². The number of fused-ring (bicyclic) bond motifs is 1. The molecule has 0 aliphatic rings.